The summed E-state index contributed by atoms with van der Waals surface area (Å²) in [5, 5.41) is 5.03. The molecule has 0 bridgehead atoms. The van der Waals surface area contributed by atoms with Gasteiger partial charge in [-0.2, -0.15) is 0 Å². The second-order valence-electron chi connectivity index (χ2n) is 6.60. The largest absolute Gasteiger partial charge is 0.379 e. The molecule has 0 radical (unpaired) electrons. The molecule has 1 saturated heterocycles. The number of nitrogens with one attached hydrogen (secondary N) is 1. The van der Waals surface area contributed by atoms with Gasteiger partial charge < -0.3 is 10.1 Å². The van der Waals surface area contributed by atoms with Gasteiger partial charge in [-0.1, -0.05) is 34.8 Å². The summed E-state index contributed by atoms with van der Waals surface area (Å²) in [4.78, 5) is 15.4. The molecule has 0 saturated carbocycles. The highest BCUT2D eigenvalue weighted by Gasteiger charge is 2.29. The van der Waals surface area contributed by atoms with Crippen LogP contribution in [0.25, 0.3) is 10.1 Å². The lowest BCUT2D eigenvalue weighted by Crippen LogP contribution is -2.55. The van der Waals surface area contributed by atoms with Gasteiger partial charge in [-0.25, -0.2) is 0 Å². The summed E-state index contributed by atoms with van der Waals surface area (Å²) in [7, 11) is 0. The highest BCUT2D eigenvalue weighted by molar-refractivity contribution is 7.21. The fourth-order valence-corrected chi connectivity index (χ4v) is 5.21. The number of halogens is 3. The number of thiophene rings is 1. The lowest BCUT2D eigenvalue weighted by Gasteiger charge is -2.40. The van der Waals surface area contributed by atoms with Gasteiger partial charge in [0.25, 0.3) is 5.91 Å². The number of rotatable bonds is 4. The van der Waals surface area contributed by atoms with Gasteiger partial charge in [0.1, 0.15) is 4.88 Å². The van der Waals surface area contributed by atoms with E-state index in [2.05, 4.69) is 24.1 Å². The molecule has 25 heavy (non-hydrogen) atoms. The number of morpholine rings is 1. The Balaban J connectivity index is 1.76. The average molecular weight is 422 g/mol. The van der Waals surface area contributed by atoms with Crippen LogP contribution in [0.1, 0.15) is 23.5 Å². The Bertz CT molecular complexity index is 801. The first kappa shape index (κ1) is 19.2. The molecule has 0 unspecified atom stereocenters. The summed E-state index contributed by atoms with van der Waals surface area (Å²) in [6, 6.07) is 3.40. The molecule has 1 aliphatic heterocycles. The van der Waals surface area contributed by atoms with Crippen molar-refractivity contribution in [3.8, 4) is 0 Å². The quantitative estimate of drug-likeness (QED) is 0.778. The zero-order valence-electron chi connectivity index (χ0n) is 14.0. The van der Waals surface area contributed by atoms with Crippen molar-refractivity contribution in [2.45, 2.75) is 19.4 Å². The van der Waals surface area contributed by atoms with Gasteiger partial charge in [0, 0.05) is 40.3 Å². The normalized spacial score (nSPS) is 16.4. The number of carbonyl (C=O) groups excluding carboxylic acids is 1. The molecule has 4 nitrogen and oxygen atoms in total. The summed E-state index contributed by atoms with van der Waals surface area (Å²) in [6.45, 7) is 7.91. The fourth-order valence-electron chi connectivity index (χ4n) is 2.92. The average Bonchev–Trinajstić information content (AvgIpc) is 2.90. The maximum Gasteiger partial charge on any atom is 0.262 e. The first-order chi connectivity index (χ1) is 11.8. The molecule has 1 aromatic carbocycles. The van der Waals surface area contributed by atoms with Crippen molar-refractivity contribution >= 4 is 62.1 Å². The summed E-state index contributed by atoms with van der Waals surface area (Å²) < 4.78 is 6.20. The van der Waals surface area contributed by atoms with Crippen LogP contribution in [0.5, 0.6) is 0 Å². The van der Waals surface area contributed by atoms with E-state index in [1.807, 2.05) is 0 Å². The number of nitrogens with zero attached hydrogens (tertiary/aromatic N) is 1. The number of carbonyl (C=O) groups is 1. The van der Waals surface area contributed by atoms with Gasteiger partial charge in [-0.3, -0.25) is 9.69 Å². The van der Waals surface area contributed by atoms with E-state index in [1.165, 1.54) is 11.3 Å². The van der Waals surface area contributed by atoms with Crippen LogP contribution >= 0.6 is 46.1 Å². The number of benzene rings is 1. The molecule has 1 aromatic heterocycles. The third-order valence-corrected chi connectivity index (χ3v) is 6.55. The molecule has 2 heterocycles. The SMILES string of the molecule is CC(C)(CNC(=O)c1sc2cc(Cl)cc(Cl)c2c1Cl)N1CCOCC1. The van der Waals surface area contributed by atoms with Crippen LogP contribution in [0.3, 0.4) is 0 Å². The molecule has 8 heteroatoms. The molecule has 1 N–H and O–H groups in total. The first-order valence-corrected chi connectivity index (χ1v) is 9.92. The van der Waals surface area contributed by atoms with Gasteiger partial charge in [-0.15, -0.1) is 11.3 Å². The van der Waals surface area contributed by atoms with Crippen LogP contribution in [0.4, 0.5) is 0 Å². The maximum atomic E-state index is 12.7. The molecule has 1 aliphatic rings. The number of amides is 1. The number of ether oxygens (including phenoxy) is 1. The molecule has 1 fully saturated rings. The van der Waals surface area contributed by atoms with Crippen LogP contribution in [0.15, 0.2) is 12.1 Å². The van der Waals surface area contributed by atoms with E-state index >= 15 is 0 Å². The highest BCUT2D eigenvalue weighted by atomic mass is 35.5. The molecule has 136 valence electrons. The monoisotopic (exact) mass is 420 g/mol. The maximum absolute atomic E-state index is 12.7. The number of hydrogen-bond donors (Lipinski definition) is 1. The minimum absolute atomic E-state index is 0.163. The van der Waals surface area contributed by atoms with Crippen LogP contribution in [-0.2, 0) is 4.74 Å². The number of hydrogen-bond acceptors (Lipinski definition) is 4. The predicted molar refractivity (Wildman–Crippen MR) is 106 cm³/mol. The third-order valence-electron chi connectivity index (χ3n) is 4.40. The smallest absolute Gasteiger partial charge is 0.262 e. The van der Waals surface area contributed by atoms with Gasteiger partial charge in [-0.05, 0) is 26.0 Å². The molecule has 0 atom stereocenters. The summed E-state index contributed by atoms with van der Waals surface area (Å²) in [5.74, 6) is -0.195. The Morgan fingerprint density at radius 2 is 1.96 bits per heavy atom. The summed E-state index contributed by atoms with van der Waals surface area (Å²) in [6.07, 6.45) is 0. The summed E-state index contributed by atoms with van der Waals surface area (Å²) >= 11 is 20.0. The lowest BCUT2D eigenvalue weighted by molar-refractivity contribution is -0.00922. The van der Waals surface area contributed by atoms with Crippen LogP contribution in [-0.4, -0.2) is 49.2 Å². The molecule has 2 aromatic rings. The highest BCUT2D eigenvalue weighted by Crippen LogP contribution is 2.41. The van der Waals surface area contributed by atoms with Crippen molar-refractivity contribution in [1.29, 1.82) is 0 Å². The molecular weight excluding hydrogens is 403 g/mol. The van der Waals surface area contributed by atoms with Crippen LogP contribution < -0.4 is 5.32 Å². The van der Waals surface area contributed by atoms with Crippen LogP contribution in [0.2, 0.25) is 15.1 Å². The molecule has 1 amide bonds. The van der Waals surface area contributed by atoms with E-state index in [0.717, 1.165) is 31.0 Å². The van der Waals surface area contributed by atoms with Gasteiger partial charge in [0.15, 0.2) is 0 Å². The van der Waals surface area contributed by atoms with Crippen LogP contribution in [0, 0.1) is 0 Å². The zero-order valence-corrected chi connectivity index (χ0v) is 17.1. The fraction of sp³-hybridized carbons (Fsp3) is 0.471. The van der Waals surface area contributed by atoms with E-state index < -0.39 is 0 Å². The Hall–Kier alpha value is -0.560. The molecule has 0 spiro atoms. The minimum atomic E-state index is -0.195. The van der Waals surface area contributed by atoms with Gasteiger partial charge in [0.05, 0.1) is 23.3 Å². The zero-order chi connectivity index (χ0) is 18.2. The minimum Gasteiger partial charge on any atom is -0.379 e. The lowest BCUT2D eigenvalue weighted by atomic mass is 10.0. The molecule has 3 rings (SSSR count). The second-order valence-corrected chi connectivity index (χ2v) is 8.87. The third kappa shape index (κ3) is 4.07. The van der Waals surface area contributed by atoms with Crippen molar-refractivity contribution in [1.82, 2.24) is 10.2 Å². The van der Waals surface area contributed by atoms with E-state index in [-0.39, 0.29) is 11.4 Å². The topological polar surface area (TPSA) is 41.6 Å². The Labute approximate surface area is 166 Å². The van der Waals surface area contributed by atoms with E-state index in [1.54, 1.807) is 12.1 Å². The Morgan fingerprint density at radius 1 is 1.28 bits per heavy atom. The van der Waals surface area contributed by atoms with Gasteiger partial charge in [0.2, 0.25) is 0 Å². The van der Waals surface area contributed by atoms with Crippen molar-refractivity contribution in [2.75, 3.05) is 32.8 Å². The molecular formula is C17H19Cl3N2O2S. The standard InChI is InChI=1S/C17H19Cl3N2O2S/c1-17(2,22-3-5-24-6-4-22)9-21-16(23)15-14(20)13-11(19)7-10(18)8-12(13)25-15/h7-8H,3-6,9H2,1-2H3,(H,21,23). The number of fused-ring (bicyclic) bond motifs is 1. The van der Waals surface area contributed by atoms with Gasteiger partial charge >= 0.3 is 0 Å². The first-order valence-electron chi connectivity index (χ1n) is 7.97. The second kappa shape index (κ2) is 7.59. The summed E-state index contributed by atoms with van der Waals surface area (Å²) in [5.41, 5.74) is -0.163. The van der Waals surface area contributed by atoms with E-state index in [0.29, 0.717) is 31.9 Å². The Morgan fingerprint density at radius 3 is 2.64 bits per heavy atom. The van der Waals surface area contributed by atoms with Crippen molar-refractivity contribution in [3.63, 3.8) is 0 Å². The van der Waals surface area contributed by atoms with E-state index in [9.17, 15) is 4.79 Å². The Kier molecular flexibility index (Phi) is 5.83. The molecule has 0 aliphatic carbocycles. The predicted octanol–water partition coefficient (Wildman–Crippen LogP) is 4.70. The van der Waals surface area contributed by atoms with E-state index in [4.69, 9.17) is 39.5 Å². The van der Waals surface area contributed by atoms with Crippen molar-refractivity contribution in [2.24, 2.45) is 0 Å². The van der Waals surface area contributed by atoms with Crippen molar-refractivity contribution < 1.29 is 9.53 Å². The van der Waals surface area contributed by atoms with Crippen molar-refractivity contribution in [3.05, 3.63) is 32.1 Å².